The van der Waals surface area contributed by atoms with E-state index in [9.17, 15) is 4.79 Å². The number of piperidine rings is 1. The van der Waals surface area contributed by atoms with E-state index in [4.69, 9.17) is 9.47 Å². The number of benzene rings is 1. The van der Waals surface area contributed by atoms with Gasteiger partial charge in [0.2, 0.25) is 0 Å². The predicted octanol–water partition coefficient (Wildman–Crippen LogP) is 2.15. The third kappa shape index (κ3) is 5.37. The molecule has 0 aromatic heterocycles. The Balaban J connectivity index is 0.00000192. The van der Waals surface area contributed by atoms with E-state index in [1.54, 1.807) is 0 Å². The fourth-order valence-electron chi connectivity index (χ4n) is 2.90. The topological polar surface area (TPSA) is 59.6 Å². The van der Waals surface area contributed by atoms with E-state index in [1.165, 1.54) is 0 Å². The van der Waals surface area contributed by atoms with Gasteiger partial charge >= 0.3 is 0 Å². The molecule has 0 spiro atoms. The molecule has 2 fully saturated rings. The summed E-state index contributed by atoms with van der Waals surface area (Å²) in [5.41, 5.74) is 0.683. The third-order valence-corrected chi connectivity index (χ3v) is 4.25. The van der Waals surface area contributed by atoms with Crippen LogP contribution >= 0.6 is 12.4 Å². The molecule has 1 aromatic rings. The Kier molecular flexibility index (Phi) is 7.15. The van der Waals surface area contributed by atoms with Crippen molar-refractivity contribution in [3.05, 3.63) is 29.8 Å². The van der Waals surface area contributed by atoms with Gasteiger partial charge in [0.25, 0.3) is 5.91 Å². The second-order valence-corrected chi connectivity index (χ2v) is 5.97. The highest BCUT2D eigenvalue weighted by molar-refractivity contribution is 5.94. The van der Waals surface area contributed by atoms with Gasteiger partial charge in [-0.15, -0.1) is 12.4 Å². The van der Waals surface area contributed by atoms with Crippen LogP contribution in [0.2, 0.25) is 0 Å². The van der Waals surface area contributed by atoms with Gasteiger partial charge < -0.3 is 20.1 Å². The van der Waals surface area contributed by atoms with Crippen molar-refractivity contribution in [3.8, 4) is 5.75 Å². The van der Waals surface area contributed by atoms with Crippen molar-refractivity contribution in [2.24, 2.45) is 0 Å². The Bertz CT molecular complexity index is 483. The average Bonchev–Trinajstić information content (AvgIpc) is 3.08. The zero-order valence-electron chi connectivity index (χ0n) is 13.3. The van der Waals surface area contributed by atoms with E-state index < -0.39 is 0 Å². The van der Waals surface area contributed by atoms with Crippen LogP contribution in [0.15, 0.2) is 24.3 Å². The number of hydrogen-bond acceptors (Lipinski definition) is 4. The molecule has 2 N–H and O–H groups in total. The molecule has 0 bridgehead atoms. The zero-order chi connectivity index (χ0) is 15.2. The number of amides is 1. The third-order valence-electron chi connectivity index (χ3n) is 4.25. The molecule has 23 heavy (non-hydrogen) atoms. The first-order valence-electron chi connectivity index (χ1n) is 8.17. The fraction of sp³-hybridized carbons (Fsp3) is 0.588. The van der Waals surface area contributed by atoms with Gasteiger partial charge in [0.15, 0.2) is 0 Å². The second kappa shape index (κ2) is 9.11. The van der Waals surface area contributed by atoms with Crippen LogP contribution < -0.4 is 15.4 Å². The highest BCUT2D eigenvalue weighted by atomic mass is 35.5. The summed E-state index contributed by atoms with van der Waals surface area (Å²) in [6.07, 6.45) is 4.38. The first kappa shape index (κ1) is 18.0. The smallest absolute Gasteiger partial charge is 0.251 e. The van der Waals surface area contributed by atoms with Crippen molar-refractivity contribution in [1.82, 2.24) is 10.6 Å². The minimum absolute atomic E-state index is 0. The summed E-state index contributed by atoms with van der Waals surface area (Å²) >= 11 is 0. The van der Waals surface area contributed by atoms with Crippen molar-refractivity contribution < 1.29 is 14.3 Å². The molecule has 1 amide bonds. The molecule has 1 unspecified atom stereocenters. The molecular weight excluding hydrogens is 316 g/mol. The summed E-state index contributed by atoms with van der Waals surface area (Å²) in [6, 6.07) is 7.63. The first-order chi connectivity index (χ1) is 10.8. The van der Waals surface area contributed by atoms with Gasteiger partial charge in [-0.25, -0.2) is 0 Å². The molecule has 128 valence electrons. The quantitative estimate of drug-likeness (QED) is 0.862. The van der Waals surface area contributed by atoms with Crippen molar-refractivity contribution in [1.29, 1.82) is 0 Å². The summed E-state index contributed by atoms with van der Waals surface area (Å²) in [6.45, 7) is 3.37. The van der Waals surface area contributed by atoms with Crippen LogP contribution in [0.5, 0.6) is 5.75 Å². The number of nitrogens with one attached hydrogen (secondary N) is 2. The Labute approximate surface area is 143 Å². The standard InChI is InChI=1S/C17H24N2O3.ClH/c20-17(19-14-7-9-18-10-8-14)13-3-5-15(6-4-13)22-12-16-2-1-11-21-16;/h3-6,14,16,18H,1-2,7-12H2,(H,19,20);1H. The van der Waals surface area contributed by atoms with E-state index >= 15 is 0 Å². The Morgan fingerprint density at radius 1 is 1.22 bits per heavy atom. The molecule has 0 saturated carbocycles. The molecule has 2 heterocycles. The Hall–Kier alpha value is -1.30. The maximum atomic E-state index is 12.2. The molecule has 2 saturated heterocycles. The Morgan fingerprint density at radius 2 is 1.96 bits per heavy atom. The van der Waals surface area contributed by atoms with Crippen molar-refractivity contribution in [2.45, 2.75) is 37.8 Å². The van der Waals surface area contributed by atoms with Crippen LogP contribution in [0.4, 0.5) is 0 Å². The SMILES string of the molecule is Cl.O=C(NC1CCNCC1)c1ccc(OCC2CCCO2)cc1. The maximum absolute atomic E-state index is 12.2. The lowest BCUT2D eigenvalue weighted by Crippen LogP contribution is -2.42. The summed E-state index contributed by atoms with van der Waals surface area (Å²) < 4.78 is 11.2. The number of ether oxygens (including phenoxy) is 2. The lowest BCUT2D eigenvalue weighted by molar-refractivity contribution is 0.0679. The number of hydrogen-bond donors (Lipinski definition) is 2. The molecule has 6 heteroatoms. The van der Waals surface area contributed by atoms with E-state index in [1.807, 2.05) is 24.3 Å². The summed E-state index contributed by atoms with van der Waals surface area (Å²) in [4.78, 5) is 12.2. The molecule has 3 rings (SSSR count). The Morgan fingerprint density at radius 3 is 2.61 bits per heavy atom. The highest BCUT2D eigenvalue weighted by Gasteiger charge is 2.17. The van der Waals surface area contributed by atoms with Gasteiger partial charge in [-0.1, -0.05) is 0 Å². The normalized spacial score (nSPS) is 21.5. The van der Waals surface area contributed by atoms with Crippen LogP contribution in [-0.2, 0) is 4.74 Å². The molecule has 2 aliphatic rings. The molecule has 5 nitrogen and oxygen atoms in total. The molecule has 1 atom stereocenters. The van der Waals surface area contributed by atoms with Crippen molar-refractivity contribution >= 4 is 18.3 Å². The maximum Gasteiger partial charge on any atom is 0.251 e. The van der Waals surface area contributed by atoms with Crippen LogP contribution in [0.25, 0.3) is 0 Å². The van der Waals surface area contributed by atoms with Gasteiger partial charge in [-0.2, -0.15) is 0 Å². The summed E-state index contributed by atoms with van der Waals surface area (Å²) in [7, 11) is 0. The minimum atomic E-state index is -0.00224. The van der Waals surface area contributed by atoms with Gasteiger partial charge in [0.05, 0.1) is 6.10 Å². The van der Waals surface area contributed by atoms with Crippen LogP contribution in [0.3, 0.4) is 0 Å². The van der Waals surface area contributed by atoms with Gasteiger partial charge in [-0.3, -0.25) is 4.79 Å². The average molecular weight is 341 g/mol. The van der Waals surface area contributed by atoms with E-state index in [0.29, 0.717) is 12.2 Å². The zero-order valence-corrected chi connectivity index (χ0v) is 14.1. The van der Waals surface area contributed by atoms with E-state index in [-0.39, 0.29) is 30.5 Å². The van der Waals surface area contributed by atoms with E-state index in [2.05, 4.69) is 10.6 Å². The van der Waals surface area contributed by atoms with E-state index in [0.717, 1.165) is 51.1 Å². The minimum Gasteiger partial charge on any atom is -0.491 e. The number of halogens is 1. The number of carbonyl (C=O) groups is 1. The van der Waals surface area contributed by atoms with Crippen molar-refractivity contribution in [2.75, 3.05) is 26.3 Å². The molecule has 1 aromatic carbocycles. The molecule has 0 radical (unpaired) electrons. The van der Waals surface area contributed by atoms with Crippen LogP contribution in [0.1, 0.15) is 36.0 Å². The van der Waals surface area contributed by atoms with Crippen LogP contribution in [0, 0.1) is 0 Å². The number of rotatable bonds is 5. The van der Waals surface area contributed by atoms with Crippen LogP contribution in [-0.4, -0.2) is 44.4 Å². The van der Waals surface area contributed by atoms with Gasteiger partial charge in [0.1, 0.15) is 12.4 Å². The number of carbonyl (C=O) groups excluding carboxylic acids is 1. The molecular formula is C17H25ClN2O3. The lowest BCUT2D eigenvalue weighted by Gasteiger charge is -2.23. The molecule has 0 aliphatic carbocycles. The van der Waals surface area contributed by atoms with Crippen molar-refractivity contribution in [3.63, 3.8) is 0 Å². The fourth-order valence-corrected chi connectivity index (χ4v) is 2.90. The largest absolute Gasteiger partial charge is 0.491 e. The highest BCUT2D eigenvalue weighted by Crippen LogP contribution is 2.17. The summed E-state index contributed by atoms with van der Waals surface area (Å²) in [5.74, 6) is 0.784. The monoisotopic (exact) mass is 340 g/mol. The first-order valence-corrected chi connectivity index (χ1v) is 8.17. The second-order valence-electron chi connectivity index (χ2n) is 5.97. The predicted molar refractivity (Wildman–Crippen MR) is 91.5 cm³/mol. The van der Waals surface area contributed by atoms with Gasteiger partial charge in [-0.05, 0) is 63.0 Å². The van der Waals surface area contributed by atoms with Gasteiger partial charge in [0, 0.05) is 18.2 Å². The lowest BCUT2D eigenvalue weighted by atomic mass is 10.1. The molecule has 2 aliphatic heterocycles. The summed E-state index contributed by atoms with van der Waals surface area (Å²) in [5, 5.41) is 6.39.